The Kier molecular flexibility index (Phi) is 4.11. The summed E-state index contributed by atoms with van der Waals surface area (Å²) >= 11 is 0. The molecule has 0 aliphatic carbocycles. The van der Waals surface area contributed by atoms with Crippen molar-refractivity contribution in [3.8, 4) is 11.3 Å². The molecule has 0 radical (unpaired) electrons. The van der Waals surface area contributed by atoms with E-state index in [-0.39, 0.29) is 0 Å². The third-order valence-corrected chi connectivity index (χ3v) is 5.43. The van der Waals surface area contributed by atoms with Crippen molar-refractivity contribution in [2.24, 2.45) is 5.73 Å². The lowest BCUT2D eigenvalue weighted by Crippen LogP contribution is -2.39. The Hall–Kier alpha value is -2.76. The van der Waals surface area contributed by atoms with E-state index < -0.39 is 0 Å². The number of furan rings is 1. The summed E-state index contributed by atoms with van der Waals surface area (Å²) in [4.78, 5) is 2.47. The number of benzene rings is 2. The Morgan fingerprint density at radius 2 is 1.93 bits per heavy atom. The summed E-state index contributed by atoms with van der Waals surface area (Å²) in [5.41, 5.74) is 10.1. The summed E-state index contributed by atoms with van der Waals surface area (Å²) in [6, 6.07) is 16.9. The lowest BCUT2D eigenvalue weighted by atomic mass is 10.0. The molecule has 0 bridgehead atoms. The van der Waals surface area contributed by atoms with Crippen LogP contribution in [-0.2, 0) is 6.54 Å². The van der Waals surface area contributed by atoms with E-state index in [1.54, 1.807) is 6.20 Å². The Bertz CT molecular complexity index is 1060. The van der Waals surface area contributed by atoms with Gasteiger partial charge in [0.1, 0.15) is 11.3 Å². The fourth-order valence-electron chi connectivity index (χ4n) is 3.88. The van der Waals surface area contributed by atoms with Crippen LogP contribution < -0.4 is 5.73 Å². The molecule has 2 N–H and O–H groups in total. The van der Waals surface area contributed by atoms with Crippen molar-refractivity contribution in [3.63, 3.8) is 0 Å². The van der Waals surface area contributed by atoms with Gasteiger partial charge >= 0.3 is 0 Å². The number of nitrogens with two attached hydrogens (primary N) is 1. The molecule has 0 spiro atoms. The number of piperidine rings is 1. The molecule has 3 heterocycles. The average Bonchev–Trinajstić information content (AvgIpc) is 3.13. The molecule has 27 heavy (non-hydrogen) atoms. The summed E-state index contributed by atoms with van der Waals surface area (Å²) in [6.07, 6.45) is 3.94. The first-order valence-corrected chi connectivity index (χ1v) is 9.47. The fraction of sp³-hybridized carbons (Fsp3) is 0.273. The third kappa shape index (κ3) is 3.20. The van der Waals surface area contributed by atoms with Gasteiger partial charge in [0.25, 0.3) is 0 Å². The van der Waals surface area contributed by atoms with Crippen LogP contribution in [0.25, 0.3) is 33.2 Å². The fourth-order valence-corrected chi connectivity index (χ4v) is 3.88. The van der Waals surface area contributed by atoms with Gasteiger partial charge in [-0.05, 0) is 55.8 Å². The van der Waals surface area contributed by atoms with Crippen LogP contribution in [0.15, 0.2) is 59.1 Å². The number of hydrogen-bond acceptors (Lipinski definition) is 5. The molecule has 2 aromatic heterocycles. The molecule has 1 aliphatic rings. The first kappa shape index (κ1) is 16.4. The second-order valence-corrected chi connectivity index (χ2v) is 7.37. The van der Waals surface area contributed by atoms with Crippen LogP contribution >= 0.6 is 0 Å². The summed E-state index contributed by atoms with van der Waals surface area (Å²) in [6.45, 7) is 3.05. The van der Waals surface area contributed by atoms with Gasteiger partial charge in [0.15, 0.2) is 0 Å². The second-order valence-electron chi connectivity index (χ2n) is 7.37. The van der Waals surface area contributed by atoms with Gasteiger partial charge in [-0.3, -0.25) is 4.90 Å². The predicted molar refractivity (Wildman–Crippen MR) is 107 cm³/mol. The first-order chi connectivity index (χ1) is 13.3. The molecule has 1 aliphatic heterocycles. The Morgan fingerprint density at radius 3 is 2.78 bits per heavy atom. The van der Waals surface area contributed by atoms with Crippen molar-refractivity contribution in [3.05, 3.63) is 60.3 Å². The van der Waals surface area contributed by atoms with E-state index >= 15 is 0 Å². The van der Waals surface area contributed by atoms with Crippen molar-refractivity contribution >= 4 is 21.9 Å². The van der Waals surface area contributed by atoms with Gasteiger partial charge in [0.2, 0.25) is 0 Å². The van der Waals surface area contributed by atoms with Crippen LogP contribution in [0.1, 0.15) is 18.4 Å². The Balaban J connectivity index is 1.52. The maximum absolute atomic E-state index is 6.07. The third-order valence-electron chi connectivity index (χ3n) is 5.43. The number of nitrogens with zero attached hydrogens (tertiary/aromatic N) is 3. The van der Waals surface area contributed by atoms with Gasteiger partial charge in [-0.1, -0.05) is 24.3 Å². The normalized spacial score (nSPS) is 16.3. The van der Waals surface area contributed by atoms with E-state index in [2.05, 4.69) is 45.4 Å². The summed E-state index contributed by atoms with van der Waals surface area (Å²) < 4.78 is 6.07. The molecule has 5 heteroatoms. The van der Waals surface area contributed by atoms with E-state index in [9.17, 15) is 0 Å². The monoisotopic (exact) mass is 358 g/mol. The largest absolute Gasteiger partial charge is 0.456 e. The molecule has 5 rings (SSSR count). The molecule has 2 aromatic carbocycles. The van der Waals surface area contributed by atoms with Gasteiger partial charge in [-0.25, -0.2) is 0 Å². The number of rotatable bonds is 3. The van der Waals surface area contributed by atoms with Crippen LogP contribution in [0, 0.1) is 0 Å². The highest BCUT2D eigenvalue weighted by Gasteiger charge is 2.17. The molecule has 136 valence electrons. The van der Waals surface area contributed by atoms with Crippen molar-refractivity contribution in [2.75, 3.05) is 13.1 Å². The maximum Gasteiger partial charge on any atom is 0.137 e. The van der Waals surface area contributed by atoms with Crippen molar-refractivity contribution < 1.29 is 4.42 Å². The quantitative estimate of drug-likeness (QED) is 0.600. The van der Waals surface area contributed by atoms with E-state index in [4.69, 9.17) is 10.2 Å². The lowest BCUT2D eigenvalue weighted by molar-refractivity contribution is 0.206. The highest BCUT2D eigenvalue weighted by molar-refractivity contribution is 5.95. The predicted octanol–water partition coefficient (Wildman–Crippen LogP) is 3.97. The van der Waals surface area contributed by atoms with Crippen molar-refractivity contribution in [2.45, 2.75) is 25.4 Å². The van der Waals surface area contributed by atoms with E-state index in [1.807, 2.05) is 18.2 Å². The summed E-state index contributed by atoms with van der Waals surface area (Å²) in [5, 5.41) is 10.7. The minimum Gasteiger partial charge on any atom is -0.456 e. The van der Waals surface area contributed by atoms with E-state index in [1.165, 1.54) is 5.56 Å². The highest BCUT2D eigenvalue weighted by Crippen LogP contribution is 2.32. The zero-order chi connectivity index (χ0) is 18.2. The number of para-hydroxylation sites is 1. The minimum absolute atomic E-state index is 0.354. The standard InChI is InChI=1S/C22H22N4O/c23-17-7-9-26(10-8-17)14-15-5-6-20-18(11-15)19(13-24-25-20)22-12-16-3-1-2-4-21(16)27-22/h1-6,11-13,17H,7-10,14,23H2. The van der Waals surface area contributed by atoms with Crippen LogP contribution in [-0.4, -0.2) is 34.2 Å². The molecule has 4 aromatic rings. The van der Waals surface area contributed by atoms with Gasteiger partial charge in [0, 0.05) is 28.9 Å². The lowest BCUT2D eigenvalue weighted by Gasteiger charge is -2.30. The minimum atomic E-state index is 0.354. The molecule has 0 unspecified atom stereocenters. The molecule has 0 saturated carbocycles. The van der Waals surface area contributed by atoms with Crippen LogP contribution in [0.2, 0.25) is 0 Å². The summed E-state index contributed by atoms with van der Waals surface area (Å²) in [5.74, 6) is 0.831. The first-order valence-electron chi connectivity index (χ1n) is 9.47. The second kappa shape index (κ2) is 6.76. The highest BCUT2D eigenvalue weighted by atomic mass is 16.3. The topological polar surface area (TPSA) is 68.2 Å². The van der Waals surface area contributed by atoms with Gasteiger partial charge < -0.3 is 10.2 Å². The van der Waals surface area contributed by atoms with Gasteiger partial charge in [-0.2, -0.15) is 10.2 Å². The van der Waals surface area contributed by atoms with E-state index in [0.717, 1.165) is 65.7 Å². The molecule has 1 saturated heterocycles. The molecule has 1 fully saturated rings. The number of aromatic nitrogens is 2. The SMILES string of the molecule is NC1CCN(Cc2ccc3nncc(-c4cc5ccccc5o4)c3c2)CC1. The Morgan fingerprint density at radius 1 is 1.07 bits per heavy atom. The van der Waals surface area contributed by atoms with Gasteiger partial charge in [-0.15, -0.1) is 0 Å². The molecule has 0 atom stereocenters. The summed E-state index contributed by atoms with van der Waals surface area (Å²) in [7, 11) is 0. The van der Waals surface area contributed by atoms with Crippen molar-refractivity contribution in [1.29, 1.82) is 0 Å². The number of likely N-dealkylation sites (tertiary alicyclic amines) is 1. The smallest absolute Gasteiger partial charge is 0.137 e. The molecule has 0 amide bonds. The van der Waals surface area contributed by atoms with E-state index in [0.29, 0.717) is 6.04 Å². The zero-order valence-electron chi connectivity index (χ0n) is 15.1. The van der Waals surface area contributed by atoms with Crippen molar-refractivity contribution in [1.82, 2.24) is 15.1 Å². The van der Waals surface area contributed by atoms with Crippen LogP contribution in [0.4, 0.5) is 0 Å². The van der Waals surface area contributed by atoms with Crippen LogP contribution in [0.5, 0.6) is 0 Å². The molecular formula is C22H22N4O. The molecule has 5 nitrogen and oxygen atoms in total. The average molecular weight is 358 g/mol. The zero-order valence-corrected chi connectivity index (χ0v) is 15.1. The molecular weight excluding hydrogens is 336 g/mol. The Labute approximate surface area is 157 Å². The van der Waals surface area contributed by atoms with Gasteiger partial charge in [0.05, 0.1) is 11.7 Å². The number of fused-ring (bicyclic) bond motifs is 2. The number of hydrogen-bond donors (Lipinski definition) is 1. The van der Waals surface area contributed by atoms with Crippen LogP contribution in [0.3, 0.4) is 0 Å². The maximum atomic E-state index is 6.07.